The van der Waals surface area contributed by atoms with Gasteiger partial charge in [0, 0.05) is 50.7 Å². The second-order valence-corrected chi connectivity index (χ2v) is 11.3. The van der Waals surface area contributed by atoms with Crippen LogP contribution in [0.15, 0.2) is 18.2 Å². The number of imide groups is 1. The highest BCUT2D eigenvalue weighted by molar-refractivity contribution is 6.05. The SMILES string of the molecule is O=C1CCC(N2Cc3cc(O[C@@H]4CCCC[C@@H]4N4CC(C(=O)N5CCCCC5)C4)ccc3C2=O)C(=O)N1. The van der Waals surface area contributed by atoms with Crippen LogP contribution in [0.1, 0.15) is 73.7 Å². The molecule has 3 saturated heterocycles. The van der Waals surface area contributed by atoms with Gasteiger partial charge in [-0.2, -0.15) is 0 Å². The van der Waals surface area contributed by atoms with Gasteiger partial charge >= 0.3 is 0 Å². The fourth-order valence-electron chi connectivity index (χ4n) is 6.74. The number of benzene rings is 1. The zero-order chi connectivity index (χ0) is 25.5. The molecule has 198 valence electrons. The van der Waals surface area contributed by atoms with Gasteiger partial charge in [0.1, 0.15) is 17.9 Å². The molecule has 5 aliphatic rings. The minimum absolute atomic E-state index is 0.0566. The van der Waals surface area contributed by atoms with Crippen molar-refractivity contribution in [3.63, 3.8) is 0 Å². The minimum Gasteiger partial charge on any atom is -0.489 e. The fourth-order valence-corrected chi connectivity index (χ4v) is 6.74. The molecule has 0 radical (unpaired) electrons. The Bertz CT molecular complexity index is 1090. The van der Waals surface area contributed by atoms with E-state index in [9.17, 15) is 19.2 Å². The van der Waals surface area contributed by atoms with Crippen molar-refractivity contribution in [1.29, 1.82) is 0 Å². The van der Waals surface area contributed by atoms with Crippen LogP contribution in [-0.4, -0.2) is 82.7 Å². The van der Waals surface area contributed by atoms with Crippen molar-refractivity contribution in [3.05, 3.63) is 29.3 Å². The van der Waals surface area contributed by atoms with Crippen molar-refractivity contribution in [3.8, 4) is 5.75 Å². The van der Waals surface area contributed by atoms with Crippen LogP contribution in [0.3, 0.4) is 0 Å². The van der Waals surface area contributed by atoms with E-state index in [0.29, 0.717) is 30.5 Å². The number of ether oxygens (including phenoxy) is 1. The molecule has 3 atom stereocenters. The Labute approximate surface area is 217 Å². The average Bonchev–Trinajstić information content (AvgIpc) is 3.20. The highest BCUT2D eigenvalue weighted by Gasteiger charge is 2.43. The number of piperidine rings is 2. The van der Waals surface area contributed by atoms with Crippen LogP contribution >= 0.6 is 0 Å². The maximum Gasteiger partial charge on any atom is 0.255 e. The molecule has 1 unspecified atom stereocenters. The predicted octanol–water partition coefficient (Wildman–Crippen LogP) is 2.08. The molecule has 4 aliphatic heterocycles. The molecule has 1 aromatic carbocycles. The molecule has 1 aliphatic carbocycles. The lowest BCUT2D eigenvalue weighted by atomic mass is 9.86. The van der Waals surface area contributed by atoms with Gasteiger partial charge in [-0.15, -0.1) is 0 Å². The molecule has 4 amide bonds. The number of carbonyl (C=O) groups is 4. The lowest BCUT2D eigenvalue weighted by Crippen LogP contribution is -2.61. The second-order valence-electron chi connectivity index (χ2n) is 11.3. The van der Waals surface area contributed by atoms with Crippen LogP contribution in [-0.2, 0) is 20.9 Å². The van der Waals surface area contributed by atoms with Gasteiger partial charge in [0.15, 0.2) is 0 Å². The molecule has 4 fully saturated rings. The van der Waals surface area contributed by atoms with Crippen molar-refractivity contribution in [1.82, 2.24) is 20.0 Å². The molecule has 1 saturated carbocycles. The monoisotopic (exact) mass is 508 g/mol. The number of carbonyl (C=O) groups excluding carboxylic acids is 4. The van der Waals surface area contributed by atoms with E-state index < -0.39 is 11.9 Å². The van der Waals surface area contributed by atoms with Gasteiger partial charge in [0.05, 0.1) is 5.92 Å². The average molecular weight is 509 g/mol. The Morgan fingerprint density at radius 1 is 0.946 bits per heavy atom. The molecule has 0 spiro atoms. The summed E-state index contributed by atoms with van der Waals surface area (Å²) in [5.41, 5.74) is 1.45. The number of rotatable bonds is 5. The third-order valence-electron chi connectivity index (χ3n) is 8.85. The summed E-state index contributed by atoms with van der Waals surface area (Å²) in [5.74, 6) is 0.336. The number of nitrogens with zero attached hydrogens (tertiary/aromatic N) is 3. The lowest BCUT2D eigenvalue weighted by molar-refractivity contribution is -0.145. The smallest absolute Gasteiger partial charge is 0.255 e. The zero-order valence-electron chi connectivity index (χ0n) is 21.3. The molecule has 0 bridgehead atoms. The maximum atomic E-state index is 13.0. The highest BCUT2D eigenvalue weighted by atomic mass is 16.5. The van der Waals surface area contributed by atoms with Crippen molar-refractivity contribution >= 4 is 23.6 Å². The van der Waals surface area contributed by atoms with E-state index in [0.717, 1.165) is 69.6 Å². The molecule has 37 heavy (non-hydrogen) atoms. The summed E-state index contributed by atoms with van der Waals surface area (Å²) in [6.45, 7) is 3.80. The zero-order valence-corrected chi connectivity index (χ0v) is 21.3. The Morgan fingerprint density at radius 2 is 1.73 bits per heavy atom. The standard InChI is InChI=1S/C28H36N4O5/c33-25-11-10-23(26(34)29-25)32-17-18-14-20(8-9-21(18)28(32)36)37-24-7-3-2-6-22(24)31-15-19(16-31)27(35)30-12-4-1-5-13-30/h8-9,14,19,22-24H,1-7,10-13,15-17H2,(H,29,33,34)/t22-,23?,24+/m0/s1. The Morgan fingerprint density at radius 3 is 2.51 bits per heavy atom. The van der Waals surface area contributed by atoms with E-state index in [-0.39, 0.29) is 30.3 Å². The third-order valence-corrected chi connectivity index (χ3v) is 8.85. The van der Waals surface area contributed by atoms with Gasteiger partial charge in [-0.05, 0) is 68.7 Å². The number of nitrogens with one attached hydrogen (secondary N) is 1. The topological polar surface area (TPSA) is 99.3 Å². The largest absolute Gasteiger partial charge is 0.489 e. The quantitative estimate of drug-likeness (QED) is 0.612. The molecular weight excluding hydrogens is 472 g/mol. The predicted molar refractivity (Wildman–Crippen MR) is 135 cm³/mol. The van der Waals surface area contributed by atoms with Crippen molar-refractivity contribution in [2.75, 3.05) is 26.2 Å². The number of amides is 4. The Kier molecular flexibility index (Phi) is 6.65. The van der Waals surface area contributed by atoms with Crippen LogP contribution in [0.2, 0.25) is 0 Å². The van der Waals surface area contributed by atoms with Crippen molar-refractivity contribution in [2.45, 2.75) is 82.5 Å². The van der Waals surface area contributed by atoms with E-state index in [2.05, 4.69) is 15.1 Å². The van der Waals surface area contributed by atoms with Gasteiger partial charge in [0.25, 0.3) is 5.91 Å². The first kappa shape index (κ1) is 24.4. The summed E-state index contributed by atoms with van der Waals surface area (Å²) in [6, 6.07) is 5.28. The van der Waals surface area contributed by atoms with Crippen LogP contribution < -0.4 is 10.1 Å². The third kappa shape index (κ3) is 4.74. The summed E-state index contributed by atoms with van der Waals surface area (Å²) >= 11 is 0. The molecule has 4 heterocycles. The fraction of sp³-hybridized carbons (Fsp3) is 0.643. The minimum atomic E-state index is -0.614. The highest BCUT2D eigenvalue weighted by Crippen LogP contribution is 2.35. The lowest BCUT2D eigenvalue weighted by Gasteiger charge is -2.48. The van der Waals surface area contributed by atoms with Crippen LogP contribution in [0.25, 0.3) is 0 Å². The van der Waals surface area contributed by atoms with E-state index in [4.69, 9.17) is 4.74 Å². The number of likely N-dealkylation sites (tertiary alicyclic amines) is 2. The molecular formula is C28H36N4O5. The van der Waals surface area contributed by atoms with Crippen molar-refractivity contribution in [2.24, 2.45) is 5.92 Å². The summed E-state index contributed by atoms with van der Waals surface area (Å²) in [6.07, 6.45) is 8.48. The van der Waals surface area contributed by atoms with E-state index in [1.54, 1.807) is 11.0 Å². The first-order valence-corrected chi connectivity index (χ1v) is 13.9. The normalized spacial score (nSPS) is 29.1. The second kappa shape index (κ2) is 10.1. The summed E-state index contributed by atoms with van der Waals surface area (Å²) < 4.78 is 6.52. The first-order chi connectivity index (χ1) is 18.0. The summed E-state index contributed by atoms with van der Waals surface area (Å²) in [5, 5.41) is 2.35. The van der Waals surface area contributed by atoms with Gasteiger partial charge in [-0.3, -0.25) is 29.4 Å². The molecule has 9 heteroatoms. The first-order valence-electron chi connectivity index (χ1n) is 13.9. The molecule has 1 aromatic rings. The van der Waals surface area contributed by atoms with Crippen LogP contribution in [0.4, 0.5) is 0 Å². The van der Waals surface area contributed by atoms with Gasteiger partial charge in [0.2, 0.25) is 17.7 Å². The number of fused-ring (bicyclic) bond motifs is 1. The van der Waals surface area contributed by atoms with Gasteiger partial charge in [-0.25, -0.2) is 0 Å². The van der Waals surface area contributed by atoms with Crippen LogP contribution in [0.5, 0.6) is 5.75 Å². The Hall–Kier alpha value is -2.94. The number of hydrogen-bond donors (Lipinski definition) is 1. The number of hydrogen-bond acceptors (Lipinski definition) is 6. The summed E-state index contributed by atoms with van der Waals surface area (Å²) in [7, 11) is 0. The molecule has 9 nitrogen and oxygen atoms in total. The van der Waals surface area contributed by atoms with Crippen molar-refractivity contribution < 1.29 is 23.9 Å². The van der Waals surface area contributed by atoms with Crippen LogP contribution in [0, 0.1) is 5.92 Å². The van der Waals surface area contributed by atoms with E-state index >= 15 is 0 Å². The van der Waals surface area contributed by atoms with E-state index in [1.165, 1.54) is 12.8 Å². The van der Waals surface area contributed by atoms with Gasteiger partial charge < -0.3 is 14.5 Å². The summed E-state index contributed by atoms with van der Waals surface area (Å²) in [4.78, 5) is 55.8. The Balaban J connectivity index is 1.08. The molecule has 0 aromatic heterocycles. The van der Waals surface area contributed by atoms with Gasteiger partial charge in [-0.1, -0.05) is 6.42 Å². The van der Waals surface area contributed by atoms with E-state index in [1.807, 2.05) is 12.1 Å². The molecule has 6 rings (SSSR count). The maximum absolute atomic E-state index is 13.0. The molecule has 1 N–H and O–H groups in total.